The van der Waals surface area contributed by atoms with E-state index in [1.165, 1.54) is 4.90 Å². The maximum atomic E-state index is 12.6. The van der Waals surface area contributed by atoms with Crippen molar-refractivity contribution >= 4 is 23.4 Å². The molecule has 0 aromatic carbocycles. The quantitative estimate of drug-likeness (QED) is 0.777. The van der Waals surface area contributed by atoms with Crippen LogP contribution in [0.15, 0.2) is 12.3 Å². The average Bonchev–Trinajstić information content (AvgIpc) is 2.35. The van der Waals surface area contributed by atoms with Crippen molar-refractivity contribution in [1.29, 1.82) is 0 Å². The Bertz CT molecular complexity index is 507. The van der Waals surface area contributed by atoms with Gasteiger partial charge in [0.1, 0.15) is 12.4 Å². The number of hydrogen-bond acceptors (Lipinski definition) is 4. The number of halogens is 4. The topological polar surface area (TPSA) is 42.4 Å². The van der Waals surface area contributed by atoms with E-state index in [0.717, 1.165) is 6.07 Å². The van der Waals surface area contributed by atoms with Gasteiger partial charge in [-0.25, -0.2) is 4.98 Å². The minimum absolute atomic E-state index is 0.118. The van der Waals surface area contributed by atoms with Crippen molar-refractivity contribution in [1.82, 2.24) is 4.98 Å². The summed E-state index contributed by atoms with van der Waals surface area (Å²) in [6.07, 6.45) is -3.82. The molecule has 0 fully saturated rings. The summed E-state index contributed by atoms with van der Waals surface area (Å²) < 4.78 is 42.6. The number of ether oxygens (including phenoxy) is 1. The molecule has 0 amide bonds. The van der Waals surface area contributed by atoms with Crippen LogP contribution in [0.1, 0.15) is 26.3 Å². The summed E-state index contributed by atoms with van der Waals surface area (Å²) in [6, 6.07) is 0.612. The lowest BCUT2D eigenvalue weighted by Crippen LogP contribution is -2.37. The number of carbonyl (C=O) groups is 1. The second-order valence-electron chi connectivity index (χ2n) is 4.55. The van der Waals surface area contributed by atoms with Gasteiger partial charge in [-0.15, -0.1) is 0 Å². The fourth-order valence-electron chi connectivity index (χ4n) is 1.64. The monoisotopic (exact) mass is 324 g/mol. The third-order valence-electron chi connectivity index (χ3n) is 2.65. The van der Waals surface area contributed by atoms with Crippen LogP contribution in [0.4, 0.5) is 19.0 Å². The summed E-state index contributed by atoms with van der Waals surface area (Å²) in [6.45, 7) is 5.30. The Labute approximate surface area is 125 Å². The molecule has 1 aromatic rings. The molecule has 0 bridgehead atoms. The van der Waals surface area contributed by atoms with Crippen molar-refractivity contribution in [2.24, 2.45) is 0 Å². The van der Waals surface area contributed by atoms with E-state index < -0.39 is 17.7 Å². The SMILES string of the molecule is CCOC(=O)CN(c1ncc(C(F)(F)F)cc1Cl)C(C)C. The van der Waals surface area contributed by atoms with Gasteiger partial charge in [0, 0.05) is 12.2 Å². The smallest absolute Gasteiger partial charge is 0.417 e. The van der Waals surface area contributed by atoms with Gasteiger partial charge in [0.15, 0.2) is 0 Å². The molecule has 8 heteroatoms. The zero-order valence-electron chi connectivity index (χ0n) is 11.9. The number of aromatic nitrogens is 1. The molecule has 0 radical (unpaired) electrons. The molecule has 0 saturated carbocycles. The summed E-state index contributed by atoms with van der Waals surface area (Å²) in [5, 5.41) is -0.164. The molecule has 4 nitrogen and oxygen atoms in total. The van der Waals surface area contributed by atoms with Crippen LogP contribution >= 0.6 is 11.6 Å². The predicted octanol–water partition coefficient (Wildman–Crippen LogP) is 3.53. The molecule has 1 heterocycles. The molecule has 0 saturated heterocycles. The van der Waals surface area contributed by atoms with E-state index in [1.54, 1.807) is 20.8 Å². The fraction of sp³-hybridized carbons (Fsp3) is 0.538. The first-order valence-corrected chi connectivity index (χ1v) is 6.69. The van der Waals surface area contributed by atoms with E-state index in [4.69, 9.17) is 16.3 Å². The zero-order valence-corrected chi connectivity index (χ0v) is 12.6. The molecule has 1 rings (SSSR count). The van der Waals surface area contributed by atoms with Crippen molar-refractivity contribution < 1.29 is 22.7 Å². The Kier molecular flexibility index (Phi) is 5.83. The molecule has 0 aliphatic rings. The van der Waals surface area contributed by atoms with E-state index in [9.17, 15) is 18.0 Å². The van der Waals surface area contributed by atoms with Crippen LogP contribution in [0, 0.1) is 0 Å². The van der Waals surface area contributed by atoms with E-state index in [2.05, 4.69) is 4.98 Å². The van der Waals surface area contributed by atoms with E-state index >= 15 is 0 Å². The van der Waals surface area contributed by atoms with Gasteiger partial charge in [-0.3, -0.25) is 4.79 Å². The maximum absolute atomic E-state index is 12.6. The zero-order chi connectivity index (χ0) is 16.2. The number of alkyl halides is 3. The first-order valence-electron chi connectivity index (χ1n) is 6.31. The second kappa shape index (κ2) is 6.98. The fourth-order valence-corrected chi connectivity index (χ4v) is 1.92. The van der Waals surface area contributed by atoms with Gasteiger partial charge in [0.2, 0.25) is 0 Å². The van der Waals surface area contributed by atoms with Gasteiger partial charge in [0.25, 0.3) is 0 Å². The molecule has 0 aliphatic heterocycles. The van der Waals surface area contributed by atoms with Gasteiger partial charge in [0.05, 0.1) is 17.2 Å². The molecular formula is C13H16ClF3N2O2. The molecule has 0 atom stereocenters. The molecule has 118 valence electrons. The lowest BCUT2D eigenvalue weighted by atomic mass is 10.2. The van der Waals surface area contributed by atoms with Gasteiger partial charge in [-0.1, -0.05) is 11.6 Å². The minimum Gasteiger partial charge on any atom is -0.465 e. The minimum atomic E-state index is -4.51. The normalized spacial score (nSPS) is 11.6. The molecular weight excluding hydrogens is 309 g/mol. The molecule has 0 spiro atoms. The van der Waals surface area contributed by atoms with Crippen LogP contribution in [0.25, 0.3) is 0 Å². The van der Waals surface area contributed by atoms with E-state index in [-0.39, 0.29) is 30.0 Å². The van der Waals surface area contributed by atoms with Gasteiger partial charge >= 0.3 is 12.1 Å². The lowest BCUT2D eigenvalue weighted by molar-refractivity contribution is -0.141. The number of rotatable bonds is 5. The largest absolute Gasteiger partial charge is 0.465 e. The highest BCUT2D eigenvalue weighted by atomic mass is 35.5. The van der Waals surface area contributed by atoms with Gasteiger partial charge in [-0.05, 0) is 26.8 Å². The van der Waals surface area contributed by atoms with Gasteiger partial charge in [-0.2, -0.15) is 13.2 Å². The third kappa shape index (κ3) is 4.77. The Morgan fingerprint density at radius 1 is 1.48 bits per heavy atom. The van der Waals surface area contributed by atoms with E-state index in [0.29, 0.717) is 6.20 Å². The van der Waals surface area contributed by atoms with Crippen LogP contribution in [0.3, 0.4) is 0 Å². The number of esters is 1. The van der Waals surface area contributed by atoms with Crippen LogP contribution in [0.2, 0.25) is 5.02 Å². The van der Waals surface area contributed by atoms with Gasteiger partial charge < -0.3 is 9.64 Å². The summed E-state index contributed by atoms with van der Waals surface area (Å²) in [5.74, 6) is -0.378. The summed E-state index contributed by atoms with van der Waals surface area (Å²) in [7, 11) is 0. The van der Waals surface area contributed by atoms with Crippen molar-refractivity contribution in [2.75, 3.05) is 18.1 Å². The number of carbonyl (C=O) groups excluding carboxylic acids is 1. The Hall–Kier alpha value is -1.50. The van der Waals surface area contributed by atoms with Crippen LogP contribution in [0.5, 0.6) is 0 Å². The predicted molar refractivity (Wildman–Crippen MR) is 73.4 cm³/mol. The summed E-state index contributed by atoms with van der Waals surface area (Å²) in [5.41, 5.74) is -0.934. The molecule has 0 N–H and O–H groups in total. The highest BCUT2D eigenvalue weighted by Crippen LogP contribution is 2.33. The summed E-state index contributed by atoms with van der Waals surface area (Å²) >= 11 is 5.88. The number of hydrogen-bond donors (Lipinski definition) is 0. The Morgan fingerprint density at radius 3 is 2.52 bits per heavy atom. The number of anilines is 1. The van der Waals surface area contributed by atoms with Crippen molar-refractivity contribution in [3.8, 4) is 0 Å². The second-order valence-corrected chi connectivity index (χ2v) is 4.96. The van der Waals surface area contributed by atoms with Crippen LogP contribution in [-0.4, -0.2) is 30.1 Å². The average molecular weight is 325 g/mol. The first kappa shape index (κ1) is 17.6. The molecule has 0 aliphatic carbocycles. The Balaban J connectivity index is 3.07. The molecule has 0 unspecified atom stereocenters. The molecule has 1 aromatic heterocycles. The lowest BCUT2D eigenvalue weighted by Gasteiger charge is -2.27. The first-order chi connectivity index (χ1) is 9.66. The van der Waals surface area contributed by atoms with Crippen LogP contribution < -0.4 is 4.90 Å². The Morgan fingerprint density at radius 2 is 2.10 bits per heavy atom. The summed E-state index contributed by atoms with van der Waals surface area (Å²) in [4.78, 5) is 16.8. The van der Waals surface area contributed by atoms with Crippen molar-refractivity contribution in [3.63, 3.8) is 0 Å². The number of pyridine rings is 1. The number of nitrogens with zero attached hydrogens (tertiary/aromatic N) is 2. The van der Waals surface area contributed by atoms with E-state index in [1.807, 2.05) is 0 Å². The highest BCUT2D eigenvalue weighted by Gasteiger charge is 2.32. The van der Waals surface area contributed by atoms with Crippen LogP contribution in [-0.2, 0) is 15.7 Å². The van der Waals surface area contributed by atoms with Crippen molar-refractivity contribution in [2.45, 2.75) is 33.0 Å². The standard InChI is InChI=1S/C13H16ClF3N2O2/c1-4-21-11(20)7-19(8(2)3)12-10(14)5-9(6-18-12)13(15,16)17/h5-6,8H,4,7H2,1-3H3. The van der Waals surface area contributed by atoms with Crippen molar-refractivity contribution in [3.05, 3.63) is 22.8 Å². The third-order valence-corrected chi connectivity index (χ3v) is 2.93. The molecule has 21 heavy (non-hydrogen) atoms. The maximum Gasteiger partial charge on any atom is 0.417 e. The highest BCUT2D eigenvalue weighted by molar-refractivity contribution is 6.33.